The molecule has 2 aromatic rings. The Hall–Kier alpha value is -2.23. The minimum atomic E-state index is -0.106. The molecule has 0 N–H and O–H groups in total. The molecule has 1 saturated heterocycles. The lowest BCUT2D eigenvalue weighted by Crippen LogP contribution is -2.49. The summed E-state index contributed by atoms with van der Waals surface area (Å²) in [5, 5.41) is 0. The van der Waals surface area contributed by atoms with Gasteiger partial charge in [0.25, 0.3) is 5.91 Å². The average molecular weight is 439 g/mol. The molecule has 0 bridgehead atoms. The first kappa shape index (κ1) is 24.4. The van der Waals surface area contributed by atoms with E-state index in [1.807, 2.05) is 17.9 Å². The van der Waals surface area contributed by atoms with Crippen molar-refractivity contribution in [1.82, 2.24) is 4.90 Å². The summed E-state index contributed by atoms with van der Waals surface area (Å²) in [5.41, 5.74) is 4.78. The number of nitrogens with zero attached hydrogens (tertiary/aromatic N) is 2. The molecule has 0 radical (unpaired) electrons. The van der Waals surface area contributed by atoms with Crippen molar-refractivity contribution in [2.24, 2.45) is 0 Å². The zero-order chi connectivity index (χ0) is 24.1. The summed E-state index contributed by atoms with van der Waals surface area (Å²) in [6.07, 6.45) is 0. The summed E-state index contributed by atoms with van der Waals surface area (Å²) in [6, 6.07) is 8.97. The lowest BCUT2D eigenvalue weighted by Gasteiger charge is -2.37. The van der Waals surface area contributed by atoms with E-state index in [1.165, 1.54) is 16.8 Å². The molecule has 0 spiro atoms. The summed E-state index contributed by atoms with van der Waals surface area (Å²) in [4.78, 5) is 17.6. The Morgan fingerprint density at radius 2 is 1.25 bits per heavy atom. The Bertz CT molecular complexity index is 940. The third kappa shape index (κ3) is 5.22. The van der Waals surface area contributed by atoms with Crippen molar-refractivity contribution in [3.05, 3.63) is 52.5 Å². The molecule has 176 valence electrons. The van der Waals surface area contributed by atoms with Crippen LogP contribution in [0.1, 0.15) is 95.3 Å². The van der Waals surface area contributed by atoms with Gasteiger partial charge in [-0.2, -0.15) is 0 Å². The summed E-state index contributed by atoms with van der Waals surface area (Å²) < 4.78 is 5.91. The van der Waals surface area contributed by atoms with E-state index >= 15 is 0 Å². The van der Waals surface area contributed by atoms with E-state index < -0.39 is 0 Å². The molecule has 2 heterocycles. The molecular formula is C28H42N2O2. The van der Waals surface area contributed by atoms with Crippen LogP contribution in [0.4, 0.5) is 5.69 Å². The van der Waals surface area contributed by atoms with Crippen molar-refractivity contribution in [1.29, 1.82) is 0 Å². The lowest BCUT2D eigenvalue weighted by molar-refractivity contribution is 0.0745. The average Bonchev–Trinajstić information content (AvgIpc) is 3.08. The molecule has 4 heteroatoms. The van der Waals surface area contributed by atoms with E-state index in [2.05, 4.69) is 85.4 Å². The largest absolute Gasteiger partial charge is 0.465 e. The fourth-order valence-electron chi connectivity index (χ4n) is 4.06. The topological polar surface area (TPSA) is 36.7 Å². The van der Waals surface area contributed by atoms with Crippen molar-refractivity contribution in [3.63, 3.8) is 0 Å². The predicted octanol–water partition coefficient (Wildman–Crippen LogP) is 6.44. The Balaban J connectivity index is 1.79. The van der Waals surface area contributed by atoms with Gasteiger partial charge in [-0.05, 0) is 47.1 Å². The standard InChI is InChI=1S/C28H42N2O2/c1-19-23(18-24(32-19)28(8,9)10)25(31)30-13-11-29(12-14-30)22-16-20(26(2,3)4)15-21(17-22)27(5,6)7/h15-18H,11-14H2,1-10H3. The maximum Gasteiger partial charge on any atom is 0.257 e. The Kier molecular flexibility index (Phi) is 6.32. The third-order valence-corrected chi connectivity index (χ3v) is 6.47. The second-order valence-corrected chi connectivity index (χ2v) is 12.4. The Morgan fingerprint density at radius 1 is 0.750 bits per heavy atom. The maximum absolute atomic E-state index is 13.2. The van der Waals surface area contributed by atoms with Crippen LogP contribution in [-0.4, -0.2) is 37.0 Å². The number of benzene rings is 1. The van der Waals surface area contributed by atoms with Gasteiger partial charge < -0.3 is 14.2 Å². The van der Waals surface area contributed by atoms with Gasteiger partial charge in [0.05, 0.1) is 5.56 Å². The highest BCUT2D eigenvalue weighted by atomic mass is 16.3. The van der Waals surface area contributed by atoms with Crippen LogP contribution in [0.15, 0.2) is 28.7 Å². The molecule has 0 unspecified atom stereocenters. The molecule has 1 aromatic carbocycles. The number of amides is 1. The van der Waals surface area contributed by atoms with Gasteiger partial charge in [0.2, 0.25) is 0 Å². The summed E-state index contributed by atoms with van der Waals surface area (Å²) >= 11 is 0. The van der Waals surface area contributed by atoms with Gasteiger partial charge in [-0.1, -0.05) is 68.4 Å². The predicted molar refractivity (Wildman–Crippen MR) is 134 cm³/mol. The van der Waals surface area contributed by atoms with E-state index in [1.54, 1.807) is 0 Å². The highest BCUT2D eigenvalue weighted by Crippen LogP contribution is 2.34. The molecule has 32 heavy (non-hydrogen) atoms. The molecule has 0 aliphatic carbocycles. The van der Waals surface area contributed by atoms with Crippen molar-refractivity contribution >= 4 is 11.6 Å². The van der Waals surface area contributed by atoms with Crippen LogP contribution in [-0.2, 0) is 16.2 Å². The first-order chi connectivity index (χ1) is 14.6. The van der Waals surface area contributed by atoms with E-state index in [4.69, 9.17) is 4.42 Å². The van der Waals surface area contributed by atoms with Crippen molar-refractivity contribution < 1.29 is 9.21 Å². The van der Waals surface area contributed by atoms with Gasteiger partial charge in [-0.15, -0.1) is 0 Å². The number of hydrogen-bond acceptors (Lipinski definition) is 3. The van der Waals surface area contributed by atoms with E-state index in [-0.39, 0.29) is 22.2 Å². The van der Waals surface area contributed by atoms with Crippen molar-refractivity contribution in [3.8, 4) is 0 Å². The Morgan fingerprint density at radius 3 is 1.66 bits per heavy atom. The van der Waals surface area contributed by atoms with Gasteiger partial charge in [0.1, 0.15) is 11.5 Å². The van der Waals surface area contributed by atoms with Gasteiger partial charge in [0, 0.05) is 37.3 Å². The number of carbonyl (C=O) groups is 1. The van der Waals surface area contributed by atoms with Crippen LogP contribution in [0.3, 0.4) is 0 Å². The fourth-order valence-corrected chi connectivity index (χ4v) is 4.06. The number of anilines is 1. The normalized spacial score (nSPS) is 15.9. The zero-order valence-corrected chi connectivity index (χ0v) is 21.8. The molecule has 1 fully saturated rings. The van der Waals surface area contributed by atoms with Gasteiger partial charge in [-0.3, -0.25) is 4.79 Å². The summed E-state index contributed by atoms with van der Waals surface area (Å²) in [5.74, 6) is 1.67. The quantitative estimate of drug-likeness (QED) is 0.541. The van der Waals surface area contributed by atoms with Crippen LogP contribution >= 0.6 is 0 Å². The van der Waals surface area contributed by atoms with Crippen LogP contribution in [0, 0.1) is 6.92 Å². The minimum Gasteiger partial charge on any atom is -0.465 e. The molecular weight excluding hydrogens is 396 g/mol. The first-order valence-corrected chi connectivity index (χ1v) is 11.9. The van der Waals surface area contributed by atoms with Gasteiger partial charge in [-0.25, -0.2) is 0 Å². The lowest BCUT2D eigenvalue weighted by atomic mass is 9.80. The van der Waals surface area contributed by atoms with Crippen molar-refractivity contribution in [2.45, 2.75) is 85.5 Å². The molecule has 1 aromatic heterocycles. The number of hydrogen-bond donors (Lipinski definition) is 0. The SMILES string of the molecule is Cc1oc(C(C)(C)C)cc1C(=O)N1CCN(c2cc(C(C)(C)C)cc(C(C)(C)C)c2)CC1. The van der Waals surface area contributed by atoms with Crippen LogP contribution in [0.25, 0.3) is 0 Å². The molecule has 0 saturated carbocycles. The molecule has 3 rings (SSSR count). The van der Waals surface area contributed by atoms with Crippen LogP contribution in [0.2, 0.25) is 0 Å². The highest BCUT2D eigenvalue weighted by Gasteiger charge is 2.29. The number of furan rings is 1. The third-order valence-electron chi connectivity index (χ3n) is 6.47. The van der Waals surface area contributed by atoms with E-state index in [9.17, 15) is 4.79 Å². The summed E-state index contributed by atoms with van der Waals surface area (Å²) in [6.45, 7) is 25.0. The number of aryl methyl sites for hydroxylation is 1. The monoisotopic (exact) mass is 438 g/mol. The molecule has 4 nitrogen and oxygen atoms in total. The second kappa shape index (κ2) is 8.28. The summed E-state index contributed by atoms with van der Waals surface area (Å²) in [7, 11) is 0. The van der Waals surface area contributed by atoms with E-state index in [0.717, 1.165) is 37.7 Å². The molecule has 1 amide bonds. The minimum absolute atomic E-state index is 0.0835. The van der Waals surface area contributed by atoms with Gasteiger partial charge >= 0.3 is 0 Å². The molecule has 1 aliphatic heterocycles. The van der Waals surface area contributed by atoms with Gasteiger partial charge in [0.15, 0.2) is 0 Å². The van der Waals surface area contributed by atoms with Crippen molar-refractivity contribution in [2.75, 3.05) is 31.1 Å². The first-order valence-electron chi connectivity index (χ1n) is 11.9. The molecule has 1 aliphatic rings. The number of rotatable bonds is 2. The zero-order valence-electron chi connectivity index (χ0n) is 21.8. The number of piperazine rings is 1. The fraction of sp³-hybridized carbons (Fsp3) is 0.607. The highest BCUT2D eigenvalue weighted by molar-refractivity contribution is 5.95. The second-order valence-electron chi connectivity index (χ2n) is 12.4. The molecule has 0 atom stereocenters. The van der Waals surface area contributed by atoms with Crippen LogP contribution < -0.4 is 4.90 Å². The maximum atomic E-state index is 13.2. The smallest absolute Gasteiger partial charge is 0.257 e. The Labute approximate surface area is 195 Å². The van der Waals surface area contributed by atoms with E-state index in [0.29, 0.717) is 5.56 Å². The van der Waals surface area contributed by atoms with Crippen LogP contribution in [0.5, 0.6) is 0 Å². The number of carbonyl (C=O) groups excluding carboxylic acids is 1.